The van der Waals surface area contributed by atoms with E-state index in [-0.39, 0.29) is 42.0 Å². The first-order chi connectivity index (χ1) is 12.9. The number of piperidine rings is 1. The van der Waals surface area contributed by atoms with Crippen molar-refractivity contribution < 1.29 is 9.59 Å². The molecule has 1 aliphatic heterocycles. The lowest BCUT2D eigenvalue weighted by atomic mass is 9.53. The first kappa shape index (κ1) is 21.7. The van der Waals surface area contributed by atoms with Gasteiger partial charge in [-0.05, 0) is 82.5 Å². The van der Waals surface area contributed by atoms with E-state index in [0.717, 1.165) is 62.8 Å². The molecule has 2 atom stereocenters. The highest BCUT2D eigenvalue weighted by atomic mass is 35.5. The molecule has 0 spiro atoms. The Kier molecular flexibility index (Phi) is 6.80. The van der Waals surface area contributed by atoms with Gasteiger partial charge in [-0.25, -0.2) is 4.79 Å². The number of likely N-dealkylation sites (tertiary alicyclic amines) is 1. The Labute approximate surface area is 175 Å². The molecule has 1 heterocycles. The number of urea groups is 1. The summed E-state index contributed by atoms with van der Waals surface area (Å²) >= 11 is 0. The maximum absolute atomic E-state index is 12.6. The van der Waals surface area contributed by atoms with Gasteiger partial charge in [0.15, 0.2) is 0 Å². The zero-order chi connectivity index (χ0) is 19.0. The number of hydrogen-bond acceptors (Lipinski definition) is 3. The summed E-state index contributed by atoms with van der Waals surface area (Å²) in [6.07, 6.45) is 11.1. The molecule has 5 aliphatic rings. The Morgan fingerprint density at radius 2 is 1.71 bits per heavy atom. The zero-order valence-corrected chi connectivity index (χ0v) is 17.9. The Hall–Kier alpha value is -1.01. The molecule has 0 aromatic rings. The van der Waals surface area contributed by atoms with Gasteiger partial charge in [-0.15, -0.1) is 12.4 Å². The van der Waals surface area contributed by atoms with E-state index in [1.54, 1.807) is 0 Å². The van der Waals surface area contributed by atoms with Crippen molar-refractivity contribution in [3.63, 3.8) is 0 Å². The lowest BCUT2D eigenvalue weighted by Crippen LogP contribution is -2.61. The van der Waals surface area contributed by atoms with E-state index in [1.165, 1.54) is 19.3 Å². The van der Waals surface area contributed by atoms with Crippen LogP contribution in [-0.4, -0.2) is 47.6 Å². The van der Waals surface area contributed by atoms with Gasteiger partial charge in [-0.3, -0.25) is 4.79 Å². The van der Waals surface area contributed by atoms with Crippen molar-refractivity contribution >= 4 is 24.3 Å². The maximum Gasteiger partial charge on any atom is 0.315 e. The van der Waals surface area contributed by atoms with E-state index in [4.69, 9.17) is 5.73 Å². The number of halogens is 1. The quantitative estimate of drug-likeness (QED) is 0.648. The van der Waals surface area contributed by atoms with E-state index < -0.39 is 0 Å². The average Bonchev–Trinajstić information content (AvgIpc) is 2.59. The van der Waals surface area contributed by atoms with E-state index in [0.29, 0.717) is 13.0 Å². The van der Waals surface area contributed by atoms with Crippen molar-refractivity contribution in [1.29, 1.82) is 0 Å². The van der Waals surface area contributed by atoms with Crippen LogP contribution in [0.3, 0.4) is 0 Å². The van der Waals surface area contributed by atoms with Crippen molar-refractivity contribution in [3.05, 3.63) is 0 Å². The van der Waals surface area contributed by atoms with Gasteiger partial charge in [-0.1, -0.05) is 0 Å². The van der Waals surface area contributed by atoms with Crippen molar-refractivity contribution in [2.45, 2.75) is 88.8 Å². The fourth-order valence-electron chi connectivity index (χ4n) is 6.79. The molecule has 0 aromatic carbocycles. The smallest absolute Gasteiger partial charge is 0.315 e. The molecule has 5 rings (SSSR count). The molecule has 160 valence electrons. The van der Waals surface area contributed by atoms with E-state index in [9.17, 15) is 9.59 Å². The number of carbonyl (C=O) groups excluding carboxylic acids is 2. The summed E-state index contributed by atoms with van der Waals surface area (Å²) in [5.41, 5.74) is 6.09. The molecule has 1 saturated heterocycles. The van der Waals surface area contributed by atoms with Crippen LogP contribution in [0.2, 0.25) is 0 Å². The summed E-state index contributed by atoms with van der Waals surface area (Å²) in [4.78, 5) is 27.0. The van der Waals surface area contributed by atoms with Crippen LogP contribution in [-0.2, 0) is 4.79 Å². The molecule has 7 heteroatoms. The first-order valence-electron chi connectivity index (χ1n) is 11.1. The van der Waals surface area contributed by atoms with Gasteiger partial charge < -0.3 is 21.3 Å². The van der Waals surface area contributed by atoms with Gasteiger partial charge in [0.2, 0.25) is 5.91 Å². The largest absolute Gasteiger partial charge is 0.338 e. The summed E-state index contributed by atoms with van der Waals surface area (Å²) < 4.78 is 0. The van der Waals surface area contributed by atoms with Gasteiger partial charge in [0, 0.05) is 37.1 Å². The lowest BCUT2D eigenvalue weighted by molar-refractivity contribution is -0.135. The molecule has 4 N–H and O–H groups in total. The summed E-state index contributed by atoms with van der Waals surface area (Å²) in [6, 6.07) is 0.0563. The third kappa shape index (κ3) is 4.59. The van der Waals surface area contributed by atoms with Gasteiger partial charge in [-0.2, -0.15) is 0 Å². The van der Waals surface area contributed by atoms with Gasteiger partial charge in [0.05, 0.1) is 0 Å². The molecule has 6 nitrogen and oxygen atoms in total. The lowest BCUT2D eigenvalue weighted by Gasteiger charge is -2.56. The predicted molar refractivity (Wildman–Crippen MR) is 112 cm³/mol. The van der Waals surface area contributed by atoms with Crippen LogP contribution in [0.15, 0.2) is 0 Å². The predicted octanol–water partition coefficient (Wildman–Crippen LogP) is 2.79. The van der Waals surface area contributed by atoms with Gasteiger partial charge >= 0.3 is 6.03 Å². The fourth-order valence-corrected chi connectivity index (χ4v) is 6.79. The van der Waals surface area contributed by atoms with E-state index in [2.05, 4.69) is 10.6 Å². The zero-order valence-electron chi connectivity index (χ0n) is 17.1. The second-order valence-electron chi connectivity index (χ2n) is 9.84. The minimum Gasteiger partial charge on any atom is -0.338 e. The molecule has 3 amide bonds. The van der Waals surface area contributed by atoms with Crippen molar-refractivity contribution in [2.24, 2.45) is 23.5 Å². The summed E-state index contributed by atoms with van der Waals surface area (Å²) in [7, 11) is 0. The van der Waals surface area contributed by atoms with Crippen molar-refractivity contribution in [3.8, 4) is 0 Å². The minimum atomic E-state index is -0.0906. The number of rotatable bonds is 5. The summed E-state index contributed by atoms with van der Waals surface area (Å²) in [5, 5.41) is 6.25. The molecule has 5 fully saturated rings. The third-order valence-electron chi connectivity index (χ3n) is 7.52. The maximum atomic E-state index is 12.6. The van der Waals surface area contributed by atoms with Crippen LogP contribution >= 0.6 is 12.4 Å². The highest BCUT2D eigenvalue weighted by molar-refractivity contribution is 5.85. The van der Waals surface area contributed by atoms with Gasteiger partial charge in [0.1, 0.15) is 0 Å². The van der Waals surface area contributed by atoms with Crippen LogP contribution in [0.25, 0.3) is 0 Å². The molecule has 2 unspecified atom stereocenters. The average molecular weight is 413 g/mol. The van der Waals surface area contributed by atoms with Crippen LogP contribution in [0, 0.1) is 17.8 Å². The number of nitrogens with one attached hydrogen (secondary N) is 2. The van der Waals surface area contributed by atoms with Crippen LogP contribution in [0.5, 0.6) is 0 Å². The molecule has 4 bridgehead atoms. The number of hydrogen-bond donors (Lipinski definition) is 3. The van der Waals surface area contributed by atoms with Crippen molar-refractivity contribution in [1.82, 2.24) is 15.5 Å². The van der Waals surface area contributed by atoms with E-state index >= 15 is 0 Å². The summed E-state index contributed by atoms with van der Waals surface area (Å²) in [5.74, 6) is 2.55. The van der Waals surface area contributed by atoms with E-state index in [1.807, 2.05) is 11.8 Å². The number of carbonyl (C=O) groups is 2. The monoisotopic (exact) mass is 412 g/mol. The Balaban J connectivity index is 0.00000225. The Bertz CT molecular complexity index is 547. The Morgan fingerprint density at radius 1 is 1.11 bits per heavy atom. The van der Waals surface area contributed by atoms with Crippen LogP contribution < -0.4 is 16.4 Å². The highest BCUT2D eigenvalue weighted by Gasteiger charge is 2.51. The highest BCUT2D eigenvalue weighted by Crippen LogP contribution is 2.55. The Morgan fingerprint density at radius 3 is 2.29 bits per heavy atom. The molecule has 0 radical (unpaired) electrons. The molecule has 4 aliphatic carbocycles. The SMILES string of the molecule is CC(N)C1CCCCN1C(=O)CCNC(=O)NC12CC3CC(CC(C3)C1)C2.Cl. The molecule has 28 heavy (non-hydrogen) atoms. The second-order valence-corrected chi connectivity index (χ2v) is 9.84. The fraction of sp³-hybridized carbons (Fsp3) is 0.905. The third-order valence-corrected chi connectivity index (χ3v) is 7.52. The normalized spacial score (nSPS) is 37.1. The number of nitrogens with two attached hydrogens (primary N) is 1. The van der Waals surface area contributed by atoms with Crippen molar-refractivity contribution in [2.75, 3.05) is 13.1 Å². The first-order valence-corrected chi connectivity index (χ1v) is 11.1. The second kappa shape index (κ2) is 8.78. The molecule has 0 aromatic heterocycles. The minimum absolute atomic E-state index is 0. The van der Waals surface area contributed by atoms with Gasteiger partial charge in [0.25, 0.3) is 0 Å². The summed E-state index contributed by atoms with van der Waals surface area (Å²) in [6.45, 7) is 3.18. The topological polar surface area (TPSA) is 87.5 Å². The molecular formula is C21H37ClN4O2. The molecule has 4 saturated carbocycles. The number of amides is 3. The standard InChI is InChI=1S/C21H36N4O2.ClH/c1-14(22)18-4-2-3-7-25(18)19(26)5-6-23-20(27)24-21-11-15-8-16(12-21)10-17(9-15)13-21;/h14-18H,2-13,22H2,1H3,(H2,23,24,27);1H. The number of nitrogens with zero attached hydrogens (tertiary/aromatic N) is 1. The van der Waals surface area contributed by atoms with Crippen LogP contribution in [0.1, 0.15) is 71.1 Å². The van der Waals surface area contributed by atoms with Crippen LogP contribution in [0.4, 0.5) is 4.79 Å². The molecular weight excluding hydrogens is 376 g/mol.